The number of carbonyl (C=O) groups is 4. The number of phosphoric ester groups is 2. The zero-order valence-corrected chi connectivity index (χ0v) is 65.2. The molecule has 0 radical (unpaired) electrons. The topological polar surface area (TPSA) is 237 Å². The van der Waals surface area contributed by atoms with Crippen molar-refractivity contribution >= 4 is 39.5 Å². The molecular weight excluding hydrogens is 1270 g/mol. The van der Waals surface area contributed by atoms with Gasteiger partial charge in [0, 0.05) is 25.7 Å². The van der Waals surface area contributed by atoms with E-state index >= 15 is 0 Å². The molecule has 576 valence electrons. The van der Waals surface area contributed by atoms with E-state index < -0.39 is 97.5 Å². The van der Waals surface area contributed by atoms with Crippen molar-refractivity contribution in [2.75, 3.05) is 39.6 Å². The Kier molecular flexibility index (Phi) is 68.4. The van der Waals surface area contributed by atoms with Crippen LogP contribution in [-0.4, -0.2) is 96.7 Å². The summed E-state index contributed by atoms with van der Waals surface area (Å²) in [6.45, 7) is 9.66. The van der Waals surface area contributed by atoms with Crippen LogP contribution in [0.3, 0.4) is 0 Å². The summed E-state index contributed by atoms with van der Waals surface area (Å²) >= 11 is 0. The molecule has 0 spiro atoms. The van der Waals surface area contributed by atoms with E-state index in [1.54, 1.807) is 0 Å². The van der Waals surface area contributed by atoms with Crippen LogP contribution in [0.4, 0.5) is 0 Å². The first-order chi connectivity index (χ1) is 46.9. The molecule has 17 nitrogen and oxygen atoms in total. The minimum Gasteiger partial charge on any atom is -0.462 e. The number of hydrogen-bond donors (Lipinski definition) is 3. The predicted octanol–water partition coefficient (Wildman–Crippen LogP) is 23.1. The van der Waals surface area contributed by atoms with Crippen molar-refractivity contribution in [2.24, 2.45) is 11.8 Å². The van der Waals surface area contributed by atoms with Crippen LogP contribution < -0.4 is 0 Å². The van der Waals surface area contributed by atoms with Gasteiger partial charge in [-0.15, -0.1) is 0 Å². The van der Waals surface area contributed by atoms with E-state index in [2.05, 4.69) is 41.5 Å². The Morgan fingerprint density at radius 1 is 0.299 bits per heavy atom. The van der Waals surface area contributed by atoms with E-state index in [-0.39, 0.29) is 25.7 Å². The van der Waals surface area contributed by atoms with Crippen LogP contribution in [0.1, 0.15) is 408 Å². The fourth-order valence-corrected chi connectivity index (χ4v) is 13.6. The SMILES string of the molecule is CCCCCCCCCCCCCCCCC(=O)OC[C@H](COP(=O)(O)OC[C@@H](O)COP(=O)(O)OC[C@@H](COC(=O)CCCCCCCCCCCC(C)C)OC(=O)CCCCCCCCCCCCCCC)OC(=O)CCCCCCCCCCCCCCCCC(C)CC. The Morgan fingerprint density at radius 2 is 0.526 bits per heavy atom. The molecule has 97 heavy (non-hydrogen) atoms. The lowest BCUT2D eigenvalue weighted by Crippen LogP contribution is -2.30. The van der Waals surface area contributed by atoms with Gasteiger partial charge in [-0.2, -0.15) is 0 Å². The number of ether oxygens (including phenoxy) is 4. The molecule has 0 aliphatic heterocycles. The number of hydrogen-bond acceptors (Lipinski definition) is 15. The predicted molar refractivity (Wildman–Crippen MR) is 395 cm³/mol. The fraction of sp³-hybridized carbons (Fsp3) is 0.949. The maximum absolute atomic E-state index is 13.1. The number of aliphatic hydroxyl groups excluding tert-OH is 1. The van der Waals surface area contributed by atoms with Gasteiger partial charge in [-0.1, -0.05) is 356 Å². The van der Waals surface area contributed by atoms with Crippen LogP contribution >= 0.6 is 15.6 Å². The first-order valence-corrected chi connectivity index (χ1v) is 43.5. The zero-order valence-electron chi connectivity index (χ0n) is 63.4. The number of carbonyl (C=O) groups excluding carboxylic acids is 4. The summed E-state index contributed by atoms with van der Waals surface area (Å²) < 4.78 is 68.6. The molecule has 0 amide bonds. The number of unbranched alkanes of at least 4 members (excludes halogenated alkanes) is 46. The highest BCUT2D eigenvalue weighted by Crippen LogP contribution is 2.45. The van der Waals surface area contributed by atoms with Gasteiger partial charge in [0.25, 0.3) is 0 Å². The molecular formula is C78H152O17P2. The quantitative estimate of drug-likeness (QED) is 0.0222. The number of esters is 4. The van der Waals surface area contributed by atoms with E-state index in [0.717, 1.165) is 102 Å². The van der Waals surface area contributed by atoms with Gasteiger partial charge in [-0.3, -0.25) is 37.3 Å². The molecule has 0 bridgehead atoms. The summed E-state index contributed by atoms with van der Waals surface area (Å²) in [5.41, 5.74) is 0. The van der Waals surface area contributed by atoms with Gasteiger partial charge in [-0.25, -0.2) is 9.13 Å². The molecule has 0 aliphatic carbocycles. The normalized spacial score (nSPS) is 14.2. The van der Waals surface area contributed by atoms with Crippen molar-refractivity contribution in [3.05, 3.63) is 0 Å². The van der Waals surface area contributed by atoms with Crippen molar-refractivity contribution < 1.29 is 80.2 Å². The Hall–Kier alpha value is -1.94. The molecule has 0 aromatic heterocycles. The van der Waals surface area contributed by atoms with Crippen LogP contribution in [-0.2, 0) is 65.4 Å². The smallest absolute Gasteiger partial charge is 0.462 e. The van der Waals surface area contributed by atoms with Crippen LogP contribution in [0, 0.1) is 11.8 Å². The third kappa shape index (κ3) is 70.9. The van der Waals surface area contributed by atoms with Gasteiger partial charge >= 0.3 is 39.5 Å². The molecule has 0 saturated heterocycles. The van der Waals surface area contributed by atoms with Crippen molar-refractivity contribution in [2.45, 2.75) is 426 Å². The third-order valence-electron chi connectivity index (χ3n) is 18.6. The molecule has 3 N–H and O–H groups in total. The third-order valence-corrected chi connectivity index (χ3v) is 20.5. The van der Waals surface area contributed by atoms with Gasteiger partial charge < -0.3 is 33.8 Å². The van der Waals surface area contributed by atoms with E-state index in [1.807, 2.05) is 0 Å². The van der Waals surface area contributed by atoms with E-state index in [0.29, 0.717) is 25.7 Å². The maximum Gasteiger partial charge on any atom is 0.472 e. The summed E-state index contributed by atoms with van der Waals surface area (Å²) in [5, 5.41) is 10.6. The van der Waals surface area contributed by atoms with Crippen LogP contribution in [0.15, 0.2) is 0 Å². The van der Waals surface area contributed by atoms with Crippen molar-refractivity contribution in [3.63, 3.8) is 0 Å². The van der Waals surface area contributed by atoms with E-state index in [4.69, 9.17) is 37.0 Å². The van der Waals surface area contributed by atoms with Crippen LogP contribution in [0.5, 0.6) is 0 Å². The van der Waals surface area contributed by atoms with Gasteiger partial charge in [0.15, 0.2) is 12.2 Å². The minimum atomic E-state index is -4.96. The molecule has 0 rings (SSSR count). The fourth-order valence-electron chi connectivity index (χ4n) is 12.0. The van der Waals surface area contributed by atoms with Gasteiger partial charge in [-0.05, 0) is 37.5 Å². The second kappa shape index (κ2) is 69.8. The number of aliphatic hydroxyl groups is 1. The lowest BCUT2D eigenvalue weighted by molar-refractivity contribution is -0.161. The molecule has 0 aromatic rings. The van der Waals surface area contributed by atoms with Crippen molar-refractivity contribution in [1.82, 2.24) is 0 Å². The monoisotopic (exact) mass is 1420 g/mol. The first-order valence-electron chi connectivity index (χ1n) is 40.5. The first kappa shape index (κ1) is 95.1. The Bertz CT molecular complexity index is 1870. The largest absolute Gasteiger partial charge is 0.472 e. The zero-order chi connectivity index (χ0) is 71.4. The van der Waals surface area contributed by atoms with Gasteiger partial charge in [0.1, 0.15) is 19.3 Å². The highest BCUT2D eigenvalue weighted by atomic mass is 31.2. The Morgan fingerprint density at radius 3 is 0.784 bits per heavy atom. The standard InChI is InChI=1S/C78H152O17P2/c1-7-10-12-14-16-18-20-22-27-30-36-42-48-54-60-75(80)88-66-73(94-78(83)63-57-51-45-38-32-28-24-23-26-29-35-41-47-53-59-71(6)9-3)68-92-96(84,85)90-64-72(79)65-91-97(86,87)93-69-74(67-89-76(81)61-55-49-43-39-33-34-40-46-52-58-70(4)5)95-77(82)62-56-50-44-37-31-25-21-19-17-15-13-11-8-2/h70-74,79H,7-69H2,1-6H3,(H,84,85)(H,86,87)/t71?,72-,73-,74-/m1/s1. The second-order valence-corrected chi connectivity index (χ2v) is 31.7. The molecule has 0 aromatic carbocycles. The summed E-state index contributed by atoms with van der Waals surface area (Å²) in [5.74, 6) is -0.520. The highest BCUT2D eigenvalue weighted by Gasteiger charge is 2.30. The molecule has 6 atom stereocenters. The van der Waals surface area contributed by atoms with Crippen molar-refractivity contribution in [3.8, 4) is 0 Å². The molecule has 0 aliphatic rings. The van der Waals surface area contributed by atoms with Crippen LogP contribution in [0.2, 0.25) is 0 Å². The maximum atomic E-state index is 13.1. The minimum absolute atomic E-state index is 0.107. The second-order valence-electron chi connectivity index (χ2n) is 28.8. The van der Waals surface area contributed by atoms with Gasteiger partial charge in [0.05, 0.1) is 26.4 Å². The Labute approximate surface area is 594 Å². The van der Waals surface area contributed by atoms with Gasteiger partial charge in [0.2, 0.25) is 0 Å². The summed E-state index contributed by atoms with van der Waals surface area (Å²) in [4.78, 5) is 72.9. The van der Waals surface area contributed by atoms with Crippen LogP contribution in [0.25, 0.3) is 0 Å². The molecule has 0 fully saturated rings. The average molecular weight is 1420 g/mol. The molecule has 3 unspecified atom stereocenters. The Balaban J connectivity index is 5.26. The lowest BCUT2D eigenvalue weighted by Gasteiger charge is -2.21. The lowest BCUT2D eigenvalue weighted by atomic mass is 9.99. The average Bonchev–Trinajstić information content (AvgIpc) is 1.81. The molecule has 0 heterocycles. The summed E-state index contributed by atoms with van der Waals surface area (Å²) in [7, 11) is -9.91. The highest BCUT2D eigenvalue weighted by molar-refractivity contribution is 7.47. The number of rotatable bonds is 77. The molecule has 19 heteroatoms. The molecule has 0 saturated carbocycles. The van der Waals surface area contributed by atoms with Crippen molar-refractivity contribution in [1.29, 1.82) is 0 Å². The summed E-state index contributed by atoms with van der Waals surface area (Å²) in [6.07, 6.45) is 58.0. The van der Waals surface area contributed by atoms with E-state index in [1.165, 1.54) is 225 Å². The van der Waals surface area contributed by atoms with E-state index in [9.17, 15) is 43.2 Å². The summed E-state index contributed by atoms with van der Waals surface area (Å²) in [6, 6.07) is 0. The number of phosphoric acid groups is 2.